The summed E-state index contributed by atoms with van der Waals surface area (Å²) in [6.07, 6.45) is -3.58. The summed E-state index contributed by atoms with van der Waals surface area (Å²) in [5.41, 5.74) is 6.32. The molecule has 0 radical (unpaired) electrons. The summed E-state index contributed by atoms with van der Waals surface area (Å²) < 4.78 is 44.3. The van der Waals surface area contributed by atoms with Crippen LogP contribution in [0.4, 0.5) is 13.2 Å². The van der Waals surface area contributed by atoms with E-state index in [0.29, 0.717) is 29.9 Å². The number of aromatic nitrogens is 1. The number of halogens is 3. The zero-order valence-electron chi connectivity index (χ0n) is 13.5. The lowest BCUT2D eigenvalue weighted by Gasteiger charge is -2.18. The Balaban J connectivity index is 2.17. The minimum Gasteiger partial charge on any atom is -0.369 e. The van der Waals surface area contributed by atoms with Crippen LogP contribution >= 0.6 is 0 Å². The van der Waals surface area contributed by atoms with Crippen LogP contribution in [0.25, 0.3) is 0 Å². The van der Waals surface area contributed by atoms with Gasteiger partial charge in [0.1, 0.15) is 5.76 Å². The number of carbonyl (C=O) groups is 2. The van der Waals surface area contributed by atoms with E-state index in [1.54, 1.807) is 0 Å². The van der Waals surface area contributed by atoms with Crippen LogP contribution in [0.5, 0.6) is 0 Å². The van der Waals surface area contributed by atoms with Crippen molar-refractivity contribution in [2.24, 2.45) is 17.6 Å². The van der Waals surface area contributed by atoms with Gasteiger partial charge in [-0.3, -0.25) is 9.59 Å². The van der Waals surface area contributed by atoms with E-state index in [-0.39, 0.29) is 13.0 Å². The lowest BCUT2D eigenvalue weighted by Crippen LogP contribution is -2.37. The van der Waals surface area contributed by atoms with Gasteiger partial charge in [0.15, 0.2) is 0 Å². The molecule has 1 aromatic heterocycles. The molecule has 0 bridgehead atoms. The second-order valence-electron chi connectivity index (χ2n) is 5.87. The van der Waals surface area contributed by atoms with Gasteiger partial charge < -0.3 is 15.2 Å². The van der Waals surface area contributed by atoms with Crippen LogP contribution in [-0.2, 0) is 28.9 Å². The van der Waals surface area contributed by atoms with Crippen LogP contribution in [0.1, 0.15) is 30.9 Å². The van der Waals surface area contributed by atoms with Crippen LogP contribution in [0, 0.1) is 11.8 Å². The fourth-order valence-electron chi connectivity index (χ4n) is 3.03. The molecule has 6 nitrogen and oxygen atoms in total. The average molecular weight is 347 g/mol. The second kappa shape index (κ2) is 6.82. The molecule has 2 amide bonds. The third-order valence-corrected chi connectivity index (χ3v) is 4.39. The van der Waals surface area contributed by atoms with Gasteiger partial charge in [-0.1, -0.05) is 19.0 Å². The number of alkyl halides is 3. The standard InChI is InChI=1S/C15H20F3N3O3/c1-3-11-8(12(4-2)24-20-11)5-13(22)21-6-9(14(19)23)10(7-21)15(16,17)18/h9-10H,3-7H2,1-2H3,(H2,19,23)/t9-,10-/m1/s1. The zero-order chi connectivity index (χ0) is 18.1. The first-order valence-electron chi connectivity index (χ1n) is 7.79. The third kappa shape index (κ3) is 3.54. The number of rotatable bonds is 5. The van der Waals surface area contributed by atoms with E-state index in [9.17, 15) is 22.8 Å². The van der Waals surface area contributed by atoms with Crippen molar-refractivity contribution in [2.45, 2.75) is 39.3 Å². The van der Waals surface area contributed by atoms with Crippen molar-refractivity contribution >= 4 is 11.8 Å². The number of carbonyl (C=O) groups excluding carboxylic acids is 2. The number of hydrogen-bond acceptors (Lipinski definition) is 4. The van der Waals surface area contributed by atoms with Crippen LogP contribution in [-0.4, -0.2) is 41.1 Å². The van der Waals surface area contributed by atoms with Gasteiger partial charge in [0.2, 0.25) is 11.8 Å². The lowest BCUT2D eigenvalue weighted by atomic mass is 9.95. The first-order valence-corrected chi connectivity index (χ1v) is 7.79. The lowest BCUT2D eigenvalue weighted by molar-refractivity contribution is -0.182. The van der Waals surface area contributed by atoms with Crippen molar-refractivity contribution in [2.75, 3.05) is 13.1 Å². The van der Waals surface area contributed by atoms with E-state index in [2.05, 4.69) is 5.16 Å². The van der Waals surface area contributed by atoms with Gasteiger partial charge in [-0.25, -0.2) is 0 Å². The maximum absolute atomic E-state index is 13.1. The van der Waals surface area contributed by atoms with Crippen LogP contribution in [0.3, 0.4) is 0 Å². The molecule has 2 N–H and O–H groups in total. The first-order chi connectivity index (χ1) is 11.2. The van der Waals surface area contributed by atoms with Crippen LogP contribution < -0.4 is 5.73 Å². The van der Waals surface area contributed by atoms with Crippen LogP contribution in [0.2, 0.25) is 0 Å². The van der Waals surface area contributed by atoms with Gasteiger partial charge in [0, 0.05) is 25.1 Å². The predicted molar refractivity (Wildman–Crippen MR) is 77.8 cm³/mol. The van der Waals surface area contributed by atoms with Crippen LogP contribution in [0.15, 0.2) is 4.52 Å². The highest BCUT2D eigenvalue weighted by Crippen LogP contribution is 2.37. The molecular weight excluding hydrogens is 327 g/mol. The highest BCUT2D eigenvalue weighted by Gasteiger charge is 2.52. The molecule has 0 aliphatic carbocycles. The average Bonchev–Trinajstić information content (AvgIpc) is 3.10. The number of hydrogen-bond donors (Lipinski definition) is 1. The molecule has 2 heterocycles. The van der Waals surface area contributed by atoms with Gasteiger partial charge in [-0.2, -0.15) is 13.2 Å². The summed E-state index contributed by atoms with van der Waals surface area (Å²) >= 11 is 0. The Hall–Kier alpha value is -2.06. The summed E-state index contributed by atoms with van der Waals surface area (Å²) in [7, 11) is 0. The summed E-state index contributed by atoms with van der Waals surface area (Å²) in [6, 6.07) is 0. The van der Waals surface area contributed by atoms with Gasteiger partial charge >= 0.3 is 6.18 Å². The smallest absolute Gasteiger partial charge is 0.369 e. The van der Waals surface area contributed by atoms with E-state index in [4.69, 9.17) is 10.3 Å². The molecule has 0 aromatic carbocycles. The minimum absolute atomic E-state index is 0.0914. The summed E-state index contributed by atoms with van der Waals surface area (Å²) in [6.45, 7) is 2.83. The number of aryl methyl sites for hydroxylation is 2. The van der Waals surface area contributed by atoms with E-state index in [1.807, 2.05) is 13.8 Å². The number of likely N-dealkylation sites (tertiary alicyclic amines) is 1. The fraction of sp³-hybridized carbons (Fsp3) is 0.667. The SMILES string of the molecule is CCc1noc(CC)c1CC(=O)N1C[C@@H](C(F)(F)F)[C@H](C(N)=O)C1. The van der Waals surface area contributed by atoms with E-state index in [1.165, 1.54) is 0 Å². The molecule has 1 aliphatic rings. The monoisotopic (exact) mass is 347 g/mol. The first kappa shape index (κ1) is 18.3. The number of amides is 2. The fourth-order valence-corrected chi connectivity index (χ4v) is 3.03. The summed E-state index contributed by atoms with van der Waals surface area (Å²) in [5, 5.41) is 3.88. The molecule has 1 aliphatic heterocycles. The normalized spacial score (nSPS) is 21.3. The van der Waals surface area contributed by atoms with Gasteiger partial charge in [0.25, 0.3) is 0 Å². The molecule has 134 valence electrons. The Morgan fingerprint density at radius 3 is 2.42 bits per heavy atom. The van der Waals surface area contributed by atoms with E-state index >= 15 is 0 Å². The van der Waals surface area contributed by atoms with Crippen molar-refractivity contribution in [1.29, 1.82) is 0 Å². The molecule has 0 spiro atoms. The Bertz CT molecular complexity index is 606. The van der Waals surface area contributed by atoms with Crippen molar-refractivity contribution in [3.63, 3.8) is 0 Å². The maximum Gasteiger partial charge on any atom is 0.394 e. The highest BCUT2D eigenvalue weighted by atomic mass is 19.4. The molecule has 1 fully saturated rings. The zero-order valence-corrected chi connectivity index (χ0v) is 13.5. The summed E-state index contributed by atoms with van der Waals surface area (Å²) in [5.74, 6) is -4.30. The molecule has 1 saturated heterocycles. The van der Waals surface area contributed by atoms with Crippen molar-refractivity contribution in [3.8, 4) is 0 Å². The number of nitrogens with two attached hydrogens (primary N) is 1. The second-order valence-corrected chi connectivity index (χ2v) is 5.87. The highest BCUT2D eigenvalue weighted by molar-refractivity contribution is 5.83. The Labute approximate surface area is 137 Å². The Morgan fingerprint density at radius 1 is 1.29 bits per heavy atom. The number of nitrogens with zero attached hydrogens (tertiary/aromatic N) is 2. The predicted octanol–water partition coefficient (Wildman–Crippen LogP) is 1.46. The summed E-state index contributed by atoms with van der Waals surface area (Å²) in [4.78, 5) is 24.8. The maximum atomic E-state index is 13.1. The minimum atomic E-state index is -4.57. The number of primary amides is 1. The molecule has 24 heavy (non-hydrogen) atoms. The molecule has 0 saturated carbocycles. The molecule has 2 atom stereocenters. The van der Waals surface area contributed by atoms with Gasteiger partial charge in [-0.15, -0.1) is 0 Å². The quantitative estimate of drug-likeness (QED) is 0.873. The van der Waals surface area contributed by atoms with Crippen molar-refractivity contribution in [1.82, 2.24) is 10.1 Å². The van der Waals surface area contributed by atoms with Gasteiger partial charge in [-0.05, 0) is 6.42 Å². The van der Waals surface area contributed by atoms with Crippen molar-refractivity contribution < 1.29 is 27.3 Å². The van der Waals surface area contributed by atoms with E-state index in [0.717, 1.165) is 4.90 Å². The van der Waals surface area contributed by atoms with Gasteiger partial charge in [0.05, 0.1) is 24.0 Å². The van der Waals surface area contributed by atoms with E-state index < -0.39 is 36.4 Å². The molecular formula is C15H20F3N3O3. The molecule has 0 unspecified atom stereocenters. The largest absolute Gasteiger partial charge is 0.394 e. The Morgan fingerprint density at radius 2 is 1.96 bits per heavy atom. The van der Waals surface area contributed by atoms with Crippen molar-refractivity contribution in [3.05, 3.63) is 17.0 Å². The molecule has 1 aromatic rings. The topological polar surface area (TPSA) is 89.4 Å². The Kier molecular flexibility index (Phi) is 5.19. The molecule has 2 rings (SSSR count). The molecule has 9 heteroatoms. The third-order valence-electron chi connectivity index (χ3n) is 4.39.